The number of hydrogen-bond donors (Lipinski definition) is 2. The first-order valence-electron chi connectivity index (χ1n) is 5.08. The molecule has 1 unspecified atom stereocenters. The highest BCUT2D eigenvalue weighted by molar-refractivity contribution is 5.01. The van der Waals surface area contributed by atoms with Gasteiger partial charge in [-0.3, -0.25) is 5.10 Å². The van der Waals surface area contributed by atoms with Gasteiger partial charge in [-0.05, 0) is 25.1 Å². The molecular weight excluding hydrogens is 190 g/mol. The van der Waals surface area contributed by atoms with Crippen molar-refractivity contribution in [3.05, 3.63) is 42.1 Å². The molecule has 0 aliphatic heterocycles. The van der Waals surface area contributed by atoms with E-state index >= 15 is 0 Å². The van der Waals surface area contributed by atoms with Crippen LogP contribution in [0, 0.1) is 0 Å². The number of aromatic amines is 1. The van der Waals surface area contributed by atoms with E-state index in [2.05, 4.69) is 22.4 Å². The smallest absolute Gasteiger partial charge is 0.105 e. The third-order valence-corrected chi connectivity index (χ3v) is 2.29. The number of hydrogen-bond acceptors (Lipinski definition) is 3. The molecule has 4 nitrogen and oxygen atoms in total. The summed E-state index contributed by atoms with van der Waals surface area (Å²) >= 11 is 0. The summed E-state index contributed by atoms with van der Waals surface area (Å²) in [6.07, 6.45) is 4.37. The molecule has 4 heteroatoms. The van der Waals surface area contributed by atoms with E-state index in [1.165, 1.54) is 0 Å². The van der Waals surface area contributed by atoms with E-state index in [0.717, 1.165) is 24.4 Å². The van der Waals surface area contributed by atoms with Crippen molar-refractivity contribution in [3.8, 4) is 0 Å². The lowest BCUT2D eigenvalue weighted by Gasteiger charge is -2.10. The van der Waals surface area contributed by atoms with Gasteiger partial charge in [0.1, 0.15) is 5.76 Å². The molecule has 1 atom stereocenters. The van der Waals surface area contributed by atoms with Crippen LogP contribution in [0.3, 0.4) is 0 Å². The van der Waals surface area contributed by atoms with Crippen molar-refractivity contribution in [2.75, 3.05) is 0 Å². The maximum absolute atomic E-state index is 5.28. The average Bonchev–Trinajstić information content (AvgIpc) is 2.86. The second-order valence-corrected chi connectivity index (χ2v) is 3.65. The fraction of sp³-hybridized carbons (Fsp3) is 0.364. The first kappa shape index (κ1) is 9.98. The lowest BCUT2D eigenvalue weighted by Crippen LogP contribution is -2.27. The van der Waals surface area contributed by atoms with Crippen molar-refractivity contribution in [2.24, 2.45) is 0 Å². The Morgan fingerprint density at radius 1 is 1.53 bits per heavy atom. The molecular formula is C11H15N3O. The molecule has 2 rings (SSSR count). The molecule has 0 fully saturated rings. The largest absolute Gasteiger partial charge is 0.469 e. The van der Waals surface area contributed by atoms with Crippen molar-refractivity contribution >= 4 is 0 Å². The lowest BCUT2D eigenvalue weighted by molar-refractivity contribution is 0.455. The molecule has 2 N–H and O–H groups in total. The van der Waals surface area contributed by atoms with Crippen molar-refractivity contribution in [1.29, 1.82) is 0 Å². The zero-order chi connectivity index (χ0) is 10.5. The molecule has 0 aliphatic carbocycles. The summed E-state index contributed by atoms with van der Waals surface area (Å²) in [5.41, 5.74) is 1.10. The van der Waals surface area contributed by atoms with Crippen molar-refractivity contribution < 1.29 is 4.42 Å². The summed E-state index contributed by atoms with van der Waals surface area (Å²) in [6, 6.07) is 6.26. The van der Waals surface area contributed by atoms with Crippen LogP contribution in [0.25, 0.3) is 0 Å². The van der Waals surface area contributed by atoms with Gasteiger partial charge < -0.3 is 9.73 Å². The molecule has 0 amide bonds. The van der Waals surface area contributed by atoms with E-state index < -0.39 is 0 Å². The Morgan fingerprint density at radius 3 is 3.13 bits per heavy atom. The molecule has 0 spiro atoms. The van der Waals surface area contributed by atoms with Gasteiger partial charge in [-0.1, -0.05) is 0 Å². The van der Waals surface area contributed by atoms with Gasteiger partial charge in [0.25, 0.3) is 0 Å². The molecule has 2 aromatic rings. The Labute approximate surface area is 88.7 Å². The normalized spacial score (nSPS) is 12.9. The number of aromatic nitrogens is 2. The molecule has 0 bridgehead atoms. The van der Waals surface area contributed by atoms with E-state index in [1.807, 2.05) is 18.2 Å². The molecule has 80 valence electrons. The fourth-order valence-corrected chi connectivity index (χ4v) is 1.47. The van der Waals surface area contributed by atoms with Gasteiger partial charge in [-0.25, -0.2) is 0 Å². The maximum atomic E-state index is 5.28. The van der Waals surface area contributed by atoms with Crippen LogP contribution < -0.4 is 5.32 Å². The van der Waals surface area contributed by atoms with Crippen molar-refractivity contribution in [3.63, 3.8) is 0 Å². The number of nitrogens with one attached hydrogen (secondary N) is 2. The Hall–Kier alpha value is -1.55. The topological polar surface area (TPSA) is 53.9 Å². The molecule has 0 aliphatic rings. The Morgan fingerprint density at radius 2 is 2.47 bits per heavy atom. The number of rotatable bonds is 5. The minimum atomic E-state index is 0.388. The molecule has 15 heavy (non-hydrogen) atoms. The molecule has 2 aromatic heterocycles. The zero-order valence-electron chi connectivity index (χ0n) is 8.73. The fourth-order valence-electron chi connectivity index (χ4n) is 1.47. The predicted octanol–water partition coefficient (Wildman–Crippen LogP) is 1.72. The highest BCUT2D eigenvalue weighted by Gasteiger charge is 2.05. The van der Waals surface area contributed by atoms with Gasteiger partial charge in [0.05, 0.1) is 6.26 Å². The van der Waals surface area contributed by atoms with Gasteiger partial charge >= 0.3 is 0 Å². The second kappa shape index (κ2) is 4.79. The molecule has 0 radical (unpaired) electrons. The summed E-state index contributed by atoms with van der Waals surface area (Å²) in [6.45, 7) is 2.95. The third-order valence-electron chi connectivity index (χ3n) is 2.29. The van der Waals surface area contributed by atoms with E-state index in [9.17, 15) is 0 Å². The number of nitrogens with zero attached hydrogens (tertiary/aromatic N) is 1. The summed E-state index contributed by atoms with van der Waals surface area (Å²) in [5.74, 6) is 1.01. The summed E-state index contributed by atoms with van der Waals surface area (Å²) in [5, 5.41) is 10.2. The minimum Gasteiger partial charge on any atom is -0.469 e. The van der Waals surface area contributed by atoms with E-state index in [0.29, 0.717) is 6.04 Å². The Bertz CT molecular complexity index is 366. The molecule has 0 saturated heterocycles. The van der Waals surface area contributed by atoms with Crippen LogP contribution in [0.4, 0.5) is 0 Å². The highest BCUT2D eigenvalue weighted by Crippen LogP contribution is 2.04. The minimum absolute atomic E-state index is 0.388. The molecule has 2 heterocycles. The first-order chi connectivity index (χ1) is 7.34. The number of H-pyrrole nitrogens is 1. The second-order valence-electron chi connectivity index (χ2n) is 3.65. The standard InChI is InChI=1S/C11H15N3O/c1-9(7-11-3-2-6-15-11)12-8-10-4-5-13-14-10/h2-6,9,12H,7-8H2,1H3,(H,13,14). The van der Waals surface area contributed by atoms with Crippen LogP contribution in [-0.2, 0) is 13.0 Å². The van der Waals surface area contributed by atoms with Gasteiger partial charge in [0, 0.05) is 30.9 Å². The Balaban J connectivity index is 1.76. The van der Waals surface area contributed by atoms with E-state index in [1.54, 1.807) is 12.5 Å². The van der Waals surface area contributed by atoms with Gasteiger partial charge in [-0.15, -0.1) is 0 Å². The third kappa shape index (κ3) is 2.95. The van der Waals surface area contributed by atoms with Crippen LogP contribution in [0.2, 0.25) is 0 Å². The van der Waals surface area contributed by atoms with Gasteiger partial charge in [0.2, 0.25) is 0 Å². The summed E-state index contributed by atoms with van der Waals surface area (Å²) in [7, 11) is 0. The van der Waals surface area contributed by atoms with E-state index in [-0.39, 0.29) is 0 Å². The highest BCUT2D eigenvalue weighted by atomic mass is 16.3. The first-order valence-corrected chi connectivity index (χ1v) is 5.08. The number of furan rings is 1. The van der Waals surface area contributed by atoms with Crippen molar-refractivity contribution in [2.45, 2.75) is 25.9 Å². The zero-order valence-corrected chi connectivity index (χ0v) is 8.73. The van der Waals surface area contributed by atoms with Crippen LogP contribution in [0.1, 0.15) is 18.4 Å². The quantitative estimate of drug-likeness (QED) is 0.781. The van der Waals surface area contributed by atoms with Gasteiger partial charge in [-0.2, -0.15) is 5.10 Å². The van der Waals surface area contributed by atoms with Gasteiger partial charge in [0.15, 0.2) is 0 Å². The summed E-state index contributed by atoms with van der Waals surface area (Å²) in [4.78, 5) is 0. The monoisotopic (exact) mass is 205 g/mol. The maximum Gasteiger partial charge on any atom is 0.105 e. The van der Waals surface area contributed by atoms with Crippen LogP contribution >= 0.6 is 0 Å². The SMILES string of the molecule is CC(Cc1ccco1)NCc1ccn[nH]1. The van der Waals surface area contributed by atoms with E-state index in [4.69, 9.17) is 4.42 Å². The average molecular weight is 205 g/mol. The lowest BCUT2D eigenvalue weighted by atomic mass is 10.2. The van der Waals surface area contributed by atoms with Crippen LogP contribution in [0.5, 0.6) is 0 Å². The van der Waals surface area contributed by atoms with Crippen LogP contribution in [0.15, 0.2) is 35.1 Å². The summed E-state index contributed by atoms with van der Waals surface area (Å²) < 4.78 is 5.28. The molecule has 0 saturated carbocycles. The van der Waals surface area contributed by atoms with Crippen LogP contribution in [-0.4, -0.2) is 16.2 Å². The van der Waals surface area contributed by atoms with Crippen molar-refractivity contribution in [1.82, 2.24) is 15.5 Å². The predicted molar refractivity (Wildman–Crippen MR) is 57.3 cm³/mol. The Kier molecular flexibility index (Phi) is 3.19. The molecule has 0 aromatic carbocycles.